The largest absolute Gasteiger partial charge is 0.363 e. The van der Waals surface area contributed by atoms with Crippen LogP contribution in [0.3, 0.4) is 0 Å². The van der Waals surface area contributed by atoms with Crippen LogP contribution in [0.4, 0.5) is 5.13 Å². The van der Waals surface area contributed by atoms with Crippen molar-refractivity contribution in [1.29, 1.82) is 0 Å². The molecule has 0 saturated carbocycles. The molecule has 0 bridgehead atoms. The summed E-state index contributed by atoms with van der Waals surface area (Å²) in [5, 5.41) is 3.44. The minimum absolute atomic E-state index is 0.0219. The first-order chi connectivity index (χ1) is 15.1. The lowest BCUT2D eigenvalue weighted by molar-refractivity contribution is 0.0989. The van der Waals surface area contributed by atoms with Crippen molar-refractivity contribution in [3.05, 3.63) is 70.2 Å². The van der Waals surface area contributed by atoms with Crippen molar-refractivity contribution in [2.24, 2.45) is 5.73 Å². The summed E-state index contributed by atoms with van der Waals surface area (Å²) in [4.78, 5) is 43.6. The number of fused-ring (bicyclic) bond motifs is 2. The Morgan fingerprint density at radius 2 is 2.13 bits per heavy atom. The zero-order valence-electron chi connectivity index (χ0n) is 16.5. The molecule has 4 heterocycles. The summed E-state index contributed by atoms with van der Waals surface area (Å²) < 4.78 is 0. The van der Waals surface area contributed by atoms with Crippen LogP contribution in [0.1, 0.15) is 37.1 Å². The summed E-state index contributed by atoms with van der Waals surface area (Å²) in [6.07, 6.45) is 4.49. The Kier molecular flexibility index (Phi) is 4.92. The van der Waals surface area contributed by atoms with Gasteiger partial charge in [-0.15, -0.1) is 11.3 Å². The quantitative estimate of drug-likeness (QED) is 0.443. The first-order valence-corrected chi connectivity index (χ1v) is 10.6. The highest BCUT2D eigenvalue weighted by atomic mass is 32.1. The van der Waals surface area contributed by atoms with Crippen LogP contribution < -0.4 is 11.1 Å². The van der Waals surface area contributed by atoms with Crippen LogP contribution in [0, 0.1) is 0 Å². The molecule has 1 aliphatic rings. The van der Waals surface area contributed by atoms with Crippen molar-refractivity contribution in [3.63, 3.8) is 0 Å². The highest BCUT2D eigenvalue weighted by Crippen LogP contribution is 2.29. The number of carbonyl (C=O) groups is 2. The maximum Gasteiger partial charge on any atom is 0.284 e. The lowest BCUT2D eigenvalue weighted by Crippen LogP contribution is -2.29. The Balaban J connectivity index is 1.32. The van der Waals surface area contributed by atoms with Crippen molar-refractivity contribution in [2.75, 3.05) is 11.9 Å². The van der Waals surface area contributed by atoms with Crippen LogP contribution in [0.25, 0.3) is 11.0 Å². The third-order valence-electron chi connectivity index (χ3n) is 5.15. The monoisotopic (exact) mass is 433 g/mol. The van der Waals surface area contributed by atoms with Gasteiger partial charge in [-0.25, -0.2) is 9.97 Å². The number of aromatic amines is 1. The molecule has 0 radical (unpaired) electrons. The van der Waals surface area contributed by atoms with Crippen molar-refractivity contribution >= 4 is 39.3 Å². The van der Waals surface area contributed by atoms with Gasteiger partial charge in [-0.2, -0.15) is 0 Å². The van der Waals surface area contributed by atoms with Gasteiger partial charge in [0.15, 0.2) is 11.0 Å². The van der Waals surface area contributed by atoms with Crippen molar-refractivity contribution in [1.82, 2.24) is 24.8 Å². The molecule has 2 amide bonds. The van der Waals surface area contributed by atoms with Gasteiger partial charge in [-0.3, -0.25) is 24.8 Å². The summed E-state index contributed by atoms with van der Waals surface area (Å²) >= 11 is 1.49. The number of H-pyrrole nitrogens is 1. The van der Waals surface area contributed by atoms with E-state index in [9.17, 15) is 9.59 Å². The first kappa shape index (κ1) is 19.3. The summed E-state index contributed by atoms with van der Waals surface area (Å²) in [6, 6.07) is 9.14. The topological polar surface area (TPSA) is 130 Å². The molecule has 0 atom stereocenters. The summed E-state index contributed by atoms with van der Waals surface area (Å²) in [5.41, 5.74) is 8.82. The number of rotatable bonds is 5. The van der Waals surface area contributed by atoms with E-state index in [1.165, 1.54) is 16.9 Å². The molecule has 1 aromatic carbocycles. The second-order valence-electron chi connectivity index (χ2n) is 7.32. The number of nitrogens with one attached hydrogen (secondary N) is 2. The van der Waals surface area contributed by atoms with Crippen molar-refractivity contribution in [3.8, 4) is 0 Å². The van der Waals surface area contributed by atoms with Gasteiger partial charge in [0.25, 0.3) is 11.8 Å². The zero-order chi connectivity index (χ0) is 21.4. The number of primary amides is 1. The second-order valence-corrected chi connectivity index (χ2v) is 8.40. The van der Waals surface area contributed by atoms with E-state index in [0.29, 0.717) is 21.7 Å². The van der Waals surface area contributed by atoms with Gasteiger partial charge in [0.05, 0.1) is 16.8 Å². The maximum absolute atomic E-state index is 12.9. The lowest BCUT2D eigenvalue weighted by Gasteiger charge is -2.25. The summed E-state index contributed by atoms with van der Waals surface area (Å²) in [6.45, 7) is 2.52. The van der Waals surface area contributed by atoms with E-state index in [1.807, 2.05) is 12.3 Å². The molecule has 31 heavy (non-hydrogen) atoms. The number of anilines is 1. The highest BCUT2D eigenvalue weighted by Gasteiger charge is 2.22. The maximum atomic E-state index is 12.9. The number of hydrogen-bond acceptors (Lipinski definition) is 7. The third-order valence-corrected chi connectivity index (χ3v) is 6.15. The van der Waals surface area contributed by atoms with Gasteiger partial charge >= 0.3 is 0 Å². The number of nitrogens with two attached hydrogens (primary N) is 1. The zero-order valence-corrected chi connectivity index (χ0v) is 17.3. The van der Waals surface area contributed by atoms with Crippen LogP contribution in [-0.4, -0.2) is 43.2 Å². The SMILES string of the molecule is NC(=O)c1nc2c(C(=O)Nc3nc4c(s3)CN(Cc3cccnc3)CC4)cccc2[nH]1. The van der Waals surface area contributed by atoms with Gasteiger partial charge in [0.2, 0.25) is 0 Å². The van der Waals surface area contributed by atoms with Crippen LogP contribution in [0.15, 0.2) is 42.7 Å². The fourth-order valence-corrected chi connectivity index (χ4v) is 4.73. The smallest absolute Gasteiger partial charge is 0.284 e. The number of aromatic nitrogens is 4. The van der Waals surface area contributed by atoms with E-state index in [0.717, 1.165) is 36.6 Å². The number of carbonyl (C=O) groups excluding carboxylic acids is 2. The van der Waals surface area contributed by atoms with E-state index < -0.39 is 5.91 Å². The van der Waals surface area contributed by atoms with Gasteiger partial charge in [-0.05, 0) is 23.8 Å². The molecule has 0 fully saturated rings. The van der Waals surface area contributed by atoms with E-state index in [1.54, 1.807) is 24.4 Å². The Morgan fingerprint density at radius 1 is 1.23 bits per heavy atom. The molecule has 156 valence electrons. The average Bonchev–Trinajstić information content (AvgIpc) is 3.37. The van der Waals surface area contributed by atoms with Gasteiger partial charge in [0, 0.05) is 43.3 Å². The molecular formula is C21H19N7O2S. The summed E-state index contributed by atoms with van der Waals surface area (Å²) in [7, 11) is 0. The minimum Gasteiger partial charge on any atom is -0.363 e. The molecular weight excluding hydrogens is 414 g/mol. The third kappa shape index (κ3) is 3.90. The second kappa shape index (κ2) is 7.89. The standard InChI is InChI=1S/C21H19N7O2S/c22-18(29)19-24-15-5-1-4-13(17(15)26-19)20(30)27-21-25-14-6-8-28(11-16(14)31-21)10-12-3-2-7-23-9-12/h1-5,7,9H,6,8,10-11H2,(H2,22,29)(H,24,26)(H,25,27,30). The molecule has 9 nitrogen and oxygen atoms in total. The first-order valence-electron chi connectivity index (χ1n) is 9.76. The van der Waals surface area contributed by atoms with Crippen LogP contribution in [0.5, 0.6) is 0 Å². The van der Waals surface area contributed by atoms with Gasteiger partial charge in [-0.1, -0.05) is 12.1 Å². The van der Waals surface area contributed by atoms with E-state index in [2.05, 4.69) is 36.2 Å². The Bertz CT molecular complexity index is 1280. The molecule has 4 aromatic rings. The van der Waals surface area contributed by atoms with E-state index in [-0.39, 0.29) is 11.7 Å². The van der Waals surface area contributed by atoms with E-state index >= 15 is 0 Å². The summed E-state index contributed by atoms with van der Waals surface area (Å²) in [5.74, 6) is -0.980. The number of para-hydroxylation sites is 1. The number of amides is 2. The average molecular weight is 433 g/mol. The normalized spacial score (nSPS) is 13.8. The fourth-order valence-electron chi connectivity index (χ4n) is 3.68. The van der Waals surface area contributed by atoms with Gasteiger partial charge < -0.3 is 10.7 Å². The molecule has 3 aromatic heterocycles. The Morgan fingerprint density at radius 3 is 2.94 bits per heavy atom. The molecule has 1 aliphatic heterocycles. The highest BCUT2D eigenvalue weighted by molar-refractivity contribution is 7.15. The Hall–Kier alpha value is -3.63. The minimum atomic E-state index is -0.675. The van der Waals surface area contributed by atoms with Crippen LogP contribution in [-0.2, 0) is 19.5 Å². The molecule has 0 saturated heterocycles. The van der Waals surface area contributed by atoms with Gasteiger partial charge in [0.1, 0.15) is 5.52 Å². The molecule has 4 N–H and O–H groups in total. The Labute approximate surface area is 181 Å². The van der Waals surface area contributed by atoms with E-state index in [4.69, 9.17) is 5.73 Å². The predicted octanol–water partition coefficient (Wildman–Crippen LogP) is 2.32. The molecule has 10 heteroatoms. The number of hydrogen-bond donors (Lipinski definition) is 3. The molecule has 0 unspecified atom stereocenters. The predicted molar refractivity (Wildman–Crippen MR) is 117 cm³/mol. The number of imidazole rings is 1. The van der Waals surface area contributed by atoms with Crippen LogP contribution >= 0.6 is 11.3 Å². The van der Waals surface area contributed by atoms with Crippen LogP contribution in [0.2, 0.25) is 0 Å². The molecule has 0 aliphatic carbocycles. The number of nitrogens with zero attached hydrogens (tertiary/aromatic N) is 4. The molecule has 5 rings (SSSR count). The molecule has 0 spiro atoms. The lowest BCUT2D eigenvalue weighted by atomic mass is 10.1. The van der Waals surface area contributed by atoms with Crippen molar-refractivity contribution in [2.45, 2.75) is 19.5 Å². The fraction of sp³-hybridized carbons (Fsp3) is 0.190. The van der Waals surface area contributed by atoms with Crippen molar-refractivity contribution < 1.29 is 9.59 Å². The number of thiazole rings is 1. The number of pyridine rings is 1. The number of benzene rings is 1.